The molecule has 1 aliphatic heterocycles. The van der Waals surface area contributed by atoms with Crippen LogP contribution in [0.3, 0.4) is 0 Å². The molecule has 2 aromatic heterocycles. The lowest BCUT2D eigenvalue weighted by Crippen LogP contribution is -2.32. The third kappa shape index (κ3) is 2.71. The van der Waals surface area contributed by atoms with Gasteiger partial charge in [-0.05, 0) is 44.7 Å². The first-order valence-electron chi connectivity index (χ1n) is 8.42. The molecule has 132 valence electrons. The molecule has 0 bridgehead atoms. The van der Waals surface area contributed by atoms with E-state index in [4.69, 9.17) is 9.15 Å². The molecule has 4 rings (SSSR count). The minimum atomic E-state index is -1.01. The number of hydrogen-bond donors (Lipinski definition) is 1. The van der Waals surface area contributed by atoms with Crippen LogP contribution in [0.15, 0.2) is 16.5 Å². The average molecular weight is 345 g/mol. The number of aryl methyl sites for hydroxylation is 1. The van der Waals surface area contributed by atoms with E-state index in [1.54, 1.807) is 12.1 Å². The van der Waals surface area contributed by atoms with Crippen LogP contribution in [0, 0.1) is 6.92 Å². The second kappa shape index (κ2) is 5.72. The summed E-state index contributed by atoms with van der Waals surface area (Å²) in [6, 6.07) is 3.55. The predicted octanol–water partition coefficient (Wildman–Crippen LogP) is 2.27. The minimum Gasteiger partial charge on any atom is -0.480 e. The number of esters is 1. The molecule has 1 spiro atoms. The molecule has 1 atom stereocenters. The Bertz CT molecular complexity index is 831. The van der Waals surface area contributed by atoms with Gasteiger partial charge in [0.25, 0.3) is 0 Å². The minimum absolute atomic E-state index is 0.203. The van der Waals surface area contributed by atoms with Gasteiger partial charge >= 0.3 is 11.9 Å². The topological polar surface area (TPSA) is 107 Å². The van der Waals surface area contributed by atoms with Gasteiger partial charge in [-0.25, -0.2) is 9.67 Å². The van der Waals surface area contributed by atoms with Gasteiger partial charge < -0.3 is 14.3 Å². The van der Waals surface area contributed by atoms with Crippen molar-refractivity contribution >= 4 is 11.9 Å². The molecule has 0 amide bonds. The first kappa shape index (κ1) is 15.9. The van der Waals surface area contributed by atoms with Crippen molar-refractivity contribution in [1.29, 1.82) is 0 Å². The molecule has 8 nitrogen and oxygen atoms in total. The summed E-state index contributed by atoms with van der Waals surface area (Å²) >= 11 is 0. The van der Waals surface area contributed by atoms with E-state index in [-0.39, 0.29) is 24.9 Å². The number of nitrogens with zero attached hydrogens (tertiary/aromatic N) is 3. The molecule has 2 aliphatic rings. The number of carboxylic acid groups (broad SMARTS) is 1. The molecule has 25 heavy (non-hydrogen) atoms. The molecule has 3 heterocycles. The van der Waals surface area contributed by atoms with Crippen LogP contribution < -0.4 is 0 Å². The summed E-state index contributed by atoms with van der Waals surface area (Å²) in [6.45, 7) is 1.50. The molecule has 2 aromatic rings. The maximum atomic E-state index is 12.0. The van der Waals surface area contributed by atoms with E-state index < -0.39 is 11.6 Å². The van der Waals surface area contributed by atoms with E-state index in [0.29, 0.717) is 17.4 Å². The lowest BCUT2D eigenvalue weighted by atomic mass is 9.85. The van der Waals surface area contributed by atoms with Crippen LogP contribution in [0.25, 0.3) is 11.6 Å². The summed E-state index contributed by atoms with van der Waals surface area (Å²) in [5, 5.41) is 13.5. The van der Waals surface area contributed by atoms with Crippen LogP contribution in [-0.2, 0) is 20.9 Å². The summed E-state index contributed by atoms with van der Waals surface area (Å²) in [7, 11) is 0. The maximum Gasteiger partial charge on any atom is 0.325 e. The van der Waals surface area contributed by atoms with E-state index in [1.807, 2.05) is 6.92 Å². The Labute approximate surface area is 143 Å². The Hall–Kier alpha value is -2.64. The molecule has 1 unspecified atom stereocenters. The molecular weight excluding hydrogens is 326 g/mol. The molecular formula is C17H19N3O5. The zero-order valence-electron chi connectivity index (χ0n) is 13.9. The number of aromatic nitrogens is 3. The molecule has 1 saturated heterocycles. The van der Waals surface area contributed by atoms with E-state index >= 15 is 0 Å². The molecule has 8 heteroatoms. The van der Waals surface area contributed by atoms with Gasteiger partial charge in [0.05, 0.1) is 12.3 Å². The number of carboxylic acids is 1. The number of ether oxygens (including phenoxy) is 1. The number of hydrogen-bond acceptors (Lipinski definition) is 6. The molecule has 2 fully saturated rings. The molecule has 0 radical (unpaired) electrons. The van der Waals surface area contributed by atoms with Crippen LogP contribution in [-0.4, -0.2) is 37.4 Å². The van der Waals surface area contributed by atoms with E-state index in [0.717, 1.165) is 31.4 Å². The number of rotatable bonds is 4. The second-order valence-corrected chi connectivity index (χ2v) is 6.76. The van der Waals surface area contributed by atoms with Gasteiger partial charge in [0, 0.05) is 0 Å². The first-order valence-corrected chi connectivity index (χ1v) is 8.42. The Morgan fingerprint density at radius 1 is 1.40 bits per heavy atom. The molecule has 1 saturated carbocycles. The number of furan rings is 1. The monoisotopic (exact) mass is 345 g/mol. The zero-order valence-corrected chi connectivity index (χ0v) is 13.9. The number of carbonyl (C=O) groups excluding carboxylic acids is 1. The van der Waals surface area contributed by atoms with Crippen molar-refractivity contribution in [3.8, 4) is 11.6 Å². The quantitative estimate of drug-likeness (QED) is 0.847. The average Bonchev–Trinajstić information content (AvgIpc) is 3.28. The van der Waals surface area contributed by atoms with E-state index in [2.05, 4.69) is 10.1 Å². The lowest BCUT2D eigenvalue weighted by Gasteiger charge is -2.28. The van der Waals surface area contributed by atoms with E-state index in [1.165, 1.54) is 4.68 Å². The van der Waals surface area contributed by atoms with Crippen molar-refractivity contribution in [2.24, 2.45) is 0 Å². The van der Waals surface area contributed by atoms with Gasteiger partial charge in [0.15, 0.2) is 5.76 Å². The van der Waals surface area contributed by atoms with Crippen molar-refractivity contribution in [2.45, 2.75) is 57.1 Å². The Kier molecular flexibility index (Phi) is 3.63. The summed E-state index contributed by atoms with van der Waals surface area (Å²) in [5.41, 5.74) is -0.573. The highest BCUT2D eigenvalue weighted by Gasteiger charge is 2.53. The van der Waals surface area contributed by atoms with Crippen LogP contribution in [0.2, 0.25) is 0 Å². The van der Waals surface area contributed by atoms with Gasteiger partial charge in [-0.2, -0.15) is 0 Å². The van der Waals surface area contributed by atoms with Crippen molar-refractivity contribution in [3.05, 3.63) is 23.7 Å². The largest absolute Gasteiger partial charge is 0.480 e. The highest BCUT2D eigenvalue weighted by Crippen LogP contribution is 2.50. The predicted molar refractivity (Wildman–Crippen MR) is 84.7 cm³/mol. The van der Waals surface area contributed by atoms with Crippen molar-refractivity contribution in [3.63, 3.8) is 0 Å². The fourth-order valence-electron chi connectivity index (χ4n) is 3.96. The number of carbonyl (C=O) groups is 2. The summed E-state index contributed by atoms with van der Waals surface area (Å²) in [4.78, 5) is 27.8. The standard InChI is InChI=1S/C17H19N3O5/c1-10-4-5-12(24-10)15-18-16(20(19-15)9-13(21)22)11-8-14(23)25-17(11)6-2-3-7-17/h4-5,11H,2-3,6-9H2,1H3,(H,21,22). The molecule has 0 aromatic carbocycles. The first-order chi connectivity index (χ1) is 12.0. The van der Waals surface area contributed by atoms with Crippen LogP contribution >= 0.6 is 0 Å². The van der Waals surface area contributed by atoms with Gasteiger partial charge in [-0.1, -0.05) is 0 Å². The molecule has 1 N–H and O–H groups in total. The fraction of sp³-hybridized carbons (Fsp3) is 0.529. The van der Waals surface area contributed by atoms with Crippen LogP contribution in [0.1, 0.15) is 49.6 Å². The van der Waals surface area contributed by atoms with Crippen molar-refractivity contribution < 1.29 is 23.8 Å². The van der Waals surface area contributed by atoms with Gasteiger partial charge in [-0.3, -0.25) is 9.59 Å². The second-order valence-electron chi connectivity index (χ2n) is 6.76. The van der Waals surface area contributed by atoms with E-state index in [9.17, 15) is 14.7 Å². The summed E-state index contributed by atoms with van der Waals surface area (Å²) in [5.74, 6) is 0.466. The lowest BCUT2D eigenvalue weighted by molar-refractivity contribution is -0.148. The zero-order chi connectivity index (χ0) is 17.6. The van der Waals surface area contributed by atoms with Gasteiger partial charge in [0.2, 0.25) is 5.82 Å². The Morgan fingerprint density at radius 2 is 2.16 bits per heavy atom. The number of aliphatic carboxylic acids is 1. The SMILES string of the molecule is Cc1ccc(-c2nc(C3CC(=O)OC34CCCC4)n(CC(=O)O)n2)o1. The normalized spacial score (nSPS) is 21.8. The Balaban J connectivity index is 1.78. The summed E-state index contributed by atoms with van der Waals surface area (Å²) in [6.07, 6.45) is 3.73. The smallest absolute Gasteiger partial charge is 0.325 e. The summed E-state index contributed by atoms with van der Waals surface area (Å²) < 4.78 is 12.6. The Morgan fingerprint density at radius 3 is 2.80 bits per heavy atom. The van der Waals surface area contributed by atoms with Crippen molar-refractivity contribution in [1.82, 2.24) is 14.8 Å². The highest BCUT2D eigenvalue weighted by atomic mass is 16.6. The highest BCUT2D eigenvalue weighted by molar-refractivity contribution is 5.74. The maximum absolute atomic E-state index is 12.0. The van der Waals surface area contributed by atoms with Crippen LogP contribution in [0.5, 0.6) is 0 Å². The van der Waals surface area contributed by atoms with Gasteiger partial charge in [0.1, 0.15) is 23.7 Å². The third-order valence-electron chi connectivity index (χ3n) is 5.03. The third-order valence-corrected chi connectivity index (χ3v) is 5.03. The van der Waals surface area contributed by atoms with Gasteiger partial charge in [-0.15, -0.1) is 5.10 Å². The molecule has 1 aliphatic carbocycles. The van der Waals surface area contributed by atoms with Crippen molar-refractivity contribution in [2.75, 3.05) is 0 Å². The fourth-order valence-corrected chi connectivity index (χ4v) is 3.96. The van der Waals surface area contributed by atoms with Crippen LogP contribution in [0.4, 0.5) is 0 Å².